The standard InChI is InChI=1S/C7H11N3O/c1-7(2-3-7)6-9-5(4-8)10-11-6/h2-4,8H2,1H3. The van der Waals surface area contributed by atoms with Gasteiger partial charge in [0.2, 0.25) is 5.89 Å². The molecule has 0 spiro atoms. The highest BCUT2D eigenvalue weighted by Crippen LogP contribution is 2.46. The zero-order valence-corrected chi connectivity index (χ0v) is 6.50. The Balaban J connectivity index is 2.25. The van der Waals surface area contributed by atoms with E-state index in [1.807, 2.05) is 0 Å². The number of rotatable bonds is 2. The van der Waals surface area contributed by atoms with Gasteiger partial charge in [-0.3, -0.25) is 0 Å². The van der Waals surface area contributed by atoms with Gasteiger partial charge in [-0.2, -0.15) is 4.98 Å². The predicted octanol–water partition coefficient (Wildman–Crippen LogP) is 0.580. The van der Waals surface area contributed by atoms with Gasteiger partial charge < -0.3 is 10.3 Å². The zero-order valence-electron chi connectivity index (χ0n) is 6.50. The molecule has 1 aliphatic carbocycles. The smallest absolute Gasteiger partial charge is 0.232 e. The number of aromatic nitrogens is 2. The summed E-state index contributed by atoms with van der Waals surface area (Å²) in [7, 11) is 0. The first kappa shape index (κ1) is 6.79. The summed E-state index contributed by atoms with van der Waals surface area (Å²) in [5, 5.41) is 3.73. The third kappa shape index (κ3) is 1.03. The SMILES string of the molecule is CC1(c2nc(CN)no2)CC1. The molecule has 2 rings (SSSR count). The maximum Gasteiger partial charge on any atom is 0.232 e. The van der Waals surface area contributed by atoms with Gasteiger partial charge in [-0.15, -0.1) is 0 Å². The second-order valence-corrected chi connectivity index (χ2v) is 3.28. The number of nitrogens with two attached hydrogens (primary N) is 1. The molecule has 1 saturated carbocycles. The number of hydrogen-bond acceptors (Lipinski definition) is 4. The summed E-state index contributed by atoms with van der Waals surface area (Å²) in [5.41, 5.74) is 5.51. The summed E-state index contributed by atoms with van der Waals surface area (Å²) in [5.74, 6) is 1.35. The van der Waals surface area contributed by atoms with Crippen LogP contribution in [0.3, 0.4) is 0 Å². The van der Waals surface area contributed by atoms with Gasteiger partial charge in [0.1, 0.15) is 0 Å². The summed E-state index contributed by atoms with van der Waals surface area (Å²) in [6.45, 7) is 2.49. The Labute approximate surface area is 64.8 Å². The van der Waals surface area contributed by atoms with Crippen LogP contribution in [0.25, 0.3) is 0 Å². The molecule has 0 aliphatic heterocycles. The highest BCUT2D eigenvalue weighted by Gasteiger charge is 2.44. The highest BCUT2D eigenvalue weighted by molar-refractivity contribution is 5.12. The van der Waals surface area contributed by atoms with Crippen LogP contribution in [0.1, 0.15) is 31.5 Å². The average molecular weight is 153 g/mol. The Morgan fingerprint density at radius 1 is 1.64 bits per heavy atom. The van der Waals surface area contributed by atoms with Crippen LogP contribution in [0.5, 0.6) is 0 Å². The van der Waals surface area contributed by atoms with E-state index in [0.29, 0.717) is 12.4 Å². The molecule has 11 heavy (non-hydrogen) atoms. The molecular weight excluding hydrogens is 142 g/mol. The lowest BCUT2D eigenvalue weighted by molar-refractivity contribution is 0.349. The molecule has 4 heteroatoms. The van der Waals surface area contributed by atoms with Crippen molar-refractivity contribution in [2.75, 3.05) is 0 Å². The second kappa shape index (κ2) is 2.04. The van der Waals surface area contributed by atoms with Crippen LogP contribution >= 0.6 is 0 Å². The van der Waals surface area contributed by atoms with Crippen molar-refractivity contribution in [1.82, 2.24) is 10.1 Å². The number of hydrogen-bond donors (Lipinski definition) is 1. The lowest BCUT2D eigenvalue weighted by Crippen LogP contribution is -2.02. The largest absolute Gasteiger partial charge is 0.339 e. The Kier molecular flexibility index (Phi) is 1.26. The molecule has 1 aromatic heterocycles. The van der Waals surface area contributed by atoms with Crippen molar-refractivity contribution in [1.29, 1.82) is 0 Å². The van der Waals surface area contributed by atoms with E-state index in [-0.39, 0.29) is 5.41 Å². The van der Waals surface area contributed by atoms with Gasteiger partial charge in [0.25, 0.3) is 0 Å². The van der Waals surface area contributed by atoms with Gasteiger partial charge in [0.05, 0.1) is 6.54 Å². The van der Waals surface area contributed by atoms with Gasteiger partial charge in [0.15, 0.2) is 5.82 Å². The summed E-state index contributed by atoms with van der Waals surface area (Å²) < 4.78 is 5.04. The van der Waals surface area contributed by atoms with Crippen LogP contribution < -0.4 is 5.73 Å². The van der Waals surface area contributed by atoms with Crippen molar-refractivity contribution < 1.29 is 4.52 Å². The molecule has 0 unspecified atom stereocenters. The first-order valence-corrected chi connectivity index (χ1v) is 3.78. The van der Waals surface area contributed by atoms with E-state index in [9.17, 15) is 0 Å². The molecule has 1 aromatic rings. The highest BCUT2D eigenvalue weighted by atomic mass is 16.5. The van der Waals surface area contributed by atoms with E-state index in [2.05, 4.69) is 17.1 Å². The molecule has 60 valence electrons. The summed E-state index contributed by atoms with van der Waals surface area (Å²) in [6.07, 6.45) is 2.30. The maximum absolute atomic E-state index is 5.34. The van der Waals surface area contributed by atoms with Crippen molar-refractivity contribution >= 4 is 0 Å². The molecule has 1 fully saturated rings. The Bertz CT molecular complexity index is 264. The minimum atomic E-state index is 0.167. The quantitative estimate of drug-likeness (QED) is 0.675. The molecule has 0 atom stereocenters. The fraction of sp³-hybridized carbons (Fsp3) is 0.714. The van der Waals surface area contributed by atoms with Crippen LogP contribution in [-0.2, 0) is 12.0 Å². The van der Waals surface area contributed by atoms with Crippen molar-refractivity contribution in [2.24, 2.45) is 5.73 Å². The average Bonchev–Trinajstić information content (AvgIpc) is 2.61. The minimum Gasteiger partial charge on any atom is -0.339 e. The minimum absolute atomic E-state index is 0.167. The molecule has 0 amide bonds. The number of nitrogens with zero attached hydrogens (tertiary/aromatic N) is 2. The fourth-order valence-electron chi connectivity index (χ4n) is 0.983. The Morgan fingerprint density at radius 3 is 2.82 bits per heavy atom. The van der Waals surface area contributed by atoms with Gasteiger partial charge >= 0.3 is 0 Å². The topological polar surface area (TPSA) is 64.9 Å². The van der Waals surface area contributed by atoms with Crippen LogP contribution in [-0.4, -0.2) is 10.1 Å². The van der Waals surface area contributed by atoms with Crippen molar-refractivity contribution in [3.63, 3.8) is 0 Å². The van der Waals surface area contributed by atoms with Crippen molar-refractivity contribution in [3.05, 3.63) is 11.7 Å². The summed E-state index contributed by atoms with van der Waals surface area (Å²) in [4.78, 5) is 4.16. The lowest BCUT2D eigenvalue weighted by Gasteiger charge is -1.96. The van der Waals surface area contributed by atoms with Crippen molar-refractivity contribution in [3.8, 4) is 0 Å². The molecule has 1 aliphatic rings. The van der Waals surface area contributed by atoms with E-state index in [0.717, 1.165) is 18.7 Å². The summed E-state index contributed by atoms with van der Waals surface area (Å²) >= 11 is 0. The molecule has 0 bridgehead atoms. The molecule has 4 nitrogen and oxygen atoms in total. The van der Waals surface area contributed by atoms with Crippen LogP contribution in [0.4, 0.5) is 0 Å². The molecule has 1 heterocycles. The van der Waals surface area contributed by atoms with E-state index in [4.69, 9.17) is 10.3 Å². The molecular formula is C7H11N3O. The monoisotopic (exact) mass is 153 g/mol. The van der Waals surface area contributed by atoms with Gasteiger partial charge in [-0.1, -0.05) is 12.1 Å². The zero-order chi connectivity index (χ0) is 7.90. The third-order valence-corrected chi connectivity index (χ3v) is 2.17. The Hall–Kier alpha value is -0.900. The first-order chi connectivity index (χ1) is 5.24. The van der Waals surface area contributed by atoms with Crippen LogP contribution in [0.2, 0.25) is 0 Å². The van der Waals surface area contributed by atoms with E-state index in [1.165, 1.54) is 0 Å². The normalized spacial score (nSPS) is 20.2. The van der Waals surface area contributed by atoms with Crippen LogP contribution in [0.15, 0.2) is 4.52 Å². The van der Waals surface area contributed by atoms with Gasteiger partial charge in [-0.25, -0.2) is 0 Å². The van der Waals surface area contributed by atoms with Crippen molar-refractivity contribution in [2.45, 2.75) is 31.7 Å². The van der Waals surface area contributed by atoms with Gasteiger partial charge in [0, 0.05) is 5.41 Å². The van der Waals surface area contributed by atoms with Gasteiger partial charge in [-0.05, 0) is 12.8 Å². The fourth-order valence-corrected chi connectivity index (χ4v) is 0.983. The predicted molar refractivity (Wildman–Crippen MR) is 38.8 cm³/mol. The van der Waals surface area contributed by atoms with E-state index >= 15 is 0 Å². The first-order valence-electron chi connectivity index (χ1n) is 3.78. The third-order valence-electron chi connectivity index (χ3n) is 2.17. The molecule has 0 aromatic carbocycles. The second-order valence-electron chi connectivity index (χ2n) is 3.28. The van der Waals surface area contributed by atoms with E-state index < -0.39 is 0 Å². The Morgan fingerprint density at radius 2 is 2.36 bits per heavy atom. The van der Waals surface area contributed by atoms with E-state index in [1.54, 1.807) is 0 Å². The molecule has 0 radical (unpaired) electrons. The van der Waals surface area contributed by atoms with Crippen LogP contribution in [0, 0.1) is 0 Å². The lowest BCUT2D eigenvalue weighted by atomic mass is 10.1. The molecule has 2 N–H and O–H groups in total. The maximum atomic E-state index is 5.34. The summed E-state index contributed by atoms with van der Waals surface area (Å²) in [6, 6.07) is 0. The molecule has 0 saturated heterocycles.